The highest BCUT2D eigenvalue weighted by Gasteiger charge is 2.04. The number of hydrogen-bond acceptors (Lipinski definition) is 2. The summed E-state index contributed by atoms with van der Waals surface area (Å²) < 4.78 is 14.1. The van der Waals surface area contributed by atoms with Crippen molar-refractivity contribution in [2.75, 3.05) is 6.54 Å². The fourth-order valence-electron chi connectivity index (χ4n) is 1.61. The van der Waals surface area contributed by atoms with E-state index >= 15 is 0 Å². The minimum Gasteiger partial charge on any atom is -0.330 e. The lowest BCUT2D eigenvalue weighted by molar-refractivity contribution is 0.624. The maximum Gasteiger partial charge on any atom is 0.124 e. The summed E-state index contributed by atoms with van der Waals surface area (Å²) in [4.78, 5) is 1.96. The summed E-state index contributed by atoms with van der Waals surface area (Å²) in [5, 5.41) is 0. The summed E-state index contributed by atoms with van der Waals surface area (Å²) in [6.07, 6.45) is 0.865. The fourth-order valence-corrected chi connectivity index (χ4v) is 3.14. The van der Waals surface area contributed by atoms with E-state index in [2.05, 4.69) is 28.1 Å². The molecule has 0 aliphatic heterocycles. The van der Waals surface area contributed by atoms with Gasteiger partial charge in [-0.2, -0.15) is 0 Å². The molecule has 2 aromatic rings. The third-order valence-electron chi connectivity index (χ3n) is 2.45. The predicted molar refractivity (Wildman–Crippen MR) is 77.4 cm³/mol. The monoisotopic (exact) mass is 325 g/mol. The average molecular weight is 326 g/mol. The summed E-state index contributed by atoms with van der Waals surface area (Å²) in [6.45, 7) is 0.642. The van der Waals surface area contributed by atoms with Gasteiger partial charge in [-0.1, -0.05) is 23.9 Å². The van der Waals surface area contributed by atoms with Gasteiger partial charge < -0.3 is 5.73 Å². The van der Waals surface area contributed by atoms with Crippen molar-refractivity contribution < 1.29 is 4.39 Å². The van der Waals surface area contributed by atoms with Crippen LogP contribution in [0.5, 0.6) is 0 Å². The van der Waals surface area contributed by atoms with Gasteiger partial charge in [-0.15, -0.1) is 0 Å². The highest BCUT2D eigenvalue weighted by atomic mass is 79.9. The molecule has 0 saturated carbocycles. The van der Waals surface area contributed by atoms with E-state index in [0.717, 1.165) is 20.7 Å². The third-order valence-corrected chi connectivity index (χ3v) is 4.44. The van der Waals surface area contributed by atoms with Gasteiger partial charge >= 0.3 is 0 Å². The van der Waals surface area contributed by atoms with E-state index < -0.39 is 0 Å². The Kier molecular flexibility index (Phi) is 4.80. The minimum atomic E-state index is -0.212. The molecule has 0 aromatic heterocycles. The molecule has 0 atom stereocenters. The fraction of sp³-hybridized carbons (Fsp3) is 0.143. The van der Waals surface area contributed by atoms with Crippen LogP contribution in [0, 0.1) is 5.82 Å². The largest absolute Gasteiger partial charge is 0.330 e. The molecule has 0 saturated heterocycles. The van der Waals surface area contributed by atoms with E-state index in [9.17, 15) is 4.39 Å². The Hall–Kier alpha value is -0.840. The average Bonchev–Trinajstić information content (AvgIpc) is 2.33. The van der Waals surface area contributed by atoms with Crippen LogP contribution in [0.25, 0.3) is 0 Å². The molecule has 0 heterocycles. The van der Waals surface area contributed by atoms with E-state index in [1.165, 1.54) is 29.5 Å². The first kappa shape index (κ1) is 13.6. The van der Waals surface area contributed by atoms with E-state index in [-0.39, 0.29) is 5.82 Å². The summed E-state index contributed by atoms with van der Waals surface area (Å²) in [7, 11) is 0. The maximum absolute atomic E-state index is 13.1. The molecule has 0 unspecified atom stereocenters. The van der Waals surface area contributed by atoms with Crippen LogP contribution in [0.3, 0.4) is 0 Å². The predicted octanol–water partition coefficient (Wildman–Crippen LogP) is 4.24. The minimum absolute atomic E-state index is 0.212. The maximum atomic E-state index is 13.1. The van der Waals surface area contributed by atoms with Crippen LogP contribution >= 0.6 is 27.7 Å². The number of hydrogen-bond donors (Lipinski definition) is 1. The molecule has 2 N–H and O–H groups in total. The zero-order valence-corrected chi connectivity index (χ0v) is 12.1. The van der Waals surface area contributed by atoms with E-state index in [4.69, 9.17) is 5.73 Å². The Morgan fingerprint density at radius 2 is 2.00 bits per heavy atom. The molecule has 0 aliphatic rings. The molecular formula is C14H13BrFNS. The van der Waals surface area contributed by atoms with Crippen LogP contribution in [0.15, 0.2) is 56.7 Å². The second-order valence-electron chi connectivity index (χ2n) is 3.86. The van der Waals surface area contributed by atoms with Crippen molar-refractivity contribution in [3.05, 3.63) is 58.3 Å². The smallest absolute Gasteiger partial charge is 0.124 e. The third kappa shape index (κ3) is 3.57. The number of nitrogens with two attached hydrogens (primary N) is 1. The molecule has 0 fully saturated rings. The van der Waals surface area contributed by atoms with Crippen LogP contribution in [0.4, 0.5) is 4.39 Å². The van der Waals surface area contributed by atoms with Crippen molar-refractivity contribution in [2.45, 2.75) is 16.2 Å². The molecule has 94 valence electrons. The van der Waals surface area contributed by atoms with Gasteiger partial charge in [-0.25, -0.2) is 4.39 Å². The Bertz CT molecular complexity index is 545. The standard InChI is InChI=1S/C14H13BrFNS/c15-13-8-10(6-7-17)4-5-14(13)18-12-3-1-2-11(16)9-12/h1-5,8-9H,6-7,17H2. The van der Waals surface area contributed by atoms with E-state index in [1.54, 1.807) is 6.07 Å². The number of halogens is 2. The number of benzene rings is 2. The molecule has 0 spiro atoms. The van der Waals surface area contributed by atoms with Crippen molar-refractivity contribution in [3.63, 3.8) is 0 Å². The summed E-state index contributed by atoms with van der Waals surface area (Å²) >= 11 is 5.07. The van der Waals surface area contributed by atoms with Crippen LogP contribution in [0.2, 0.25) is 0 Å². The van der Waals surface area contributed by atoms with Gasteiger partial charge in [0.05, 0.1) is 0 Å². The topological polar surface area (TPSA) is 26.0 Å². The zero-order chi connectivity index (χ0) is 13.0. The highest BCUT2D eigenvalue weighted by molar-refractivity contribution is 9.10. The van der Waals surface area contributed by atoms with Crippen molar-refractivity contribution >= 4 is 27.7 Å². The first-order valence-corrected chi connectivity index (χ1v) is 7.22. The van der Waals surface area contributed by atoms with Crippen molar-refractivity contribution in [2.24, 2.45) is 5.73 Å². The van der Waals surface area contributed by atoms with Gasteiger partial charge in [-0.05, 0) is 64.8 Å². The SMILES string of the molecule is NCCc1ccc(Sc2cccc(F)c2)c(Br)c1. The molecule has 2 rings (SSSR count). The molecule has 18 heavy (non-hydrogen) atoms. The van der Waals surface area contributed by atoms with Crippen LogP contribution in [0.1, 0.15) is 5.56 Å². The molecule has 0 aliphatic carbocycles. The van der Waals surface area contributed by atoms with Gasteiger partial charge in [0, 0.05) is 14.3 Å². The van der Waals surface area contributed by atoms with Crippen molar-refractivity contribution in [1.29, 1.82) is 0 Å². The Labute approximate surface area is 119 Å². The quantitative estimate of drug-likeness (QED) is 0.909. The van der Waals surface area contributed by atoms with Crippen molar-refractivity contribution in [1.82, 2.24) is 0 Å². The molecule has 0 bridgehead atoms. The summed E-state index contributed by atoms with van der Waals surface area (Å²) in [6, 6.07) is 12.7. The number of rotatable bonds is 4. The van der Waals surface area contributed by atoms with Gasteiger partial charge in [0.2, 0.25) is 0 Å². The lowest BCUT2D eigenvalue weighted by atomic mass is 10.2. The van der Waals surface area contributed by atoms with E-state index in [1.807, 2.05) is 12.1 Å². The molecular weight excluding hydrogens is 313 g/mol. The molecule has 0 amide bonds. The van der Waals surface area contributed by atoms with Gasteiger partial charge in [0.15, 0.2) is 0 Å². The van der Waals surface area contributed by atoms with Crippen LogP contribution in [-0.4, -0.2) is 6.54 Å². The normalized spacial score (nSPS) is 10.6. The van der Waals surface area contributed by atoms with Gasteiger partial charge in [0.1, 0.15) is 5.82 Å². The lowest BCUT2D eigenvalue weighted by Gasteiger charge is -2.07. The summed E-state index contributed by atoms with van der Waals surface area (Å²) in [5.74, 6) is -0.212. The lowest BCUT2D eigenvalue weighted by Crippen LogP contribution is -2.02. The van der Waals surface area contributed by atoms with E-state index in [0.29, 0.717) is 6.54 Å². The molecule has 2 aromatic carbocycles. The Morgan fingerprint density at radius 1 is 1.17 bits per heavy atom. The van der Waals surface area contributed by atoms with Crippen LogP contribution < -0.4 is 5.73 Å². The molecule has 4 heteroatoms. The first-order valence-electron chi connectivity index (χ1n) is 5.61. The summed E-state index contributed by atoms with van der Waals surface area (Å²) in [5.41, 5.74) is 6.73. The van der Waals surface area contributed by atoms with Crippen LogP contribution in [-0.2, 0) is 6.42 Å². The zero-order valence-electron chi connectivity index (χ0n) is 9.70. The Balaban J connectivity index is 2.19. The molecule has 1 nitrogen and oxygen atoms in total. The first-order chi connectivity index (χ1) is 8.69. The Morgan fingerprint density at radius 3 is 2.67 bits per heavy atom. The highest BCUT2D eigenvalue weighted by Crippen LogP contribution is 2.34. The second kappa shape index (κ2) is 6.36. The van der Waals surface area contributed by atoms with Gasteiger partial charge in [-0.3, -0.25) is 0 Å². The van der Waals surface area contributed by atoms with Crippen molar-refractivity contribution in [3.8, 4) is 0 Å². The van der Waals surface area contributed by atoms with Gasteiger partial charge in [0.25, 0.3) is 0 Å². The second-order valence-corrected chi connectivity index (χ2v) is 5.83. The molecule has 0 radical (unpaired) electrons.